The van der Waals surface area contributed by atoms with E-state index in [9.17, 15) is 5.11 Å². The zero-order valence-electron chi connectivity index (χ0n) is 10.1. The van der Waals surface area contributed by atoms with Crippen molar-refractivity contribution < 1.29 is 5.11 Å². The summed E-state index contributed by atoms with van der Waals surface area (Å²) in [4.78, 5) is 3.00. The van der Waals surface area contributed by atoms with Crippen molar-refractivity contribution in [2.24, 2.45) is 5.92 Å². The van der Waals surface area contributed by atoms with Crippen molar-refractivity contribution in [2.45, 2.75) is 58.0 Å². The Morgan fingerprint density at radius 1 is 1.25 bits per heavy atom. The van der Waals surface area contributed by atoms with Crippen LogP contribution in [0, 0.1) is 5.92 Å². The third-order valence-electron chi connectivity index (χ3n) is 3.56. The van der Waals surface area contributed by atoms with Crippen molar-refractivity contribution in [3.63, 3.8) is 0 Å². The third-order valence-corrected chi connectivity index (χ3v) is 4.81. The van der Waals surface area contributed by atoms with E-state index in [1.807, 2.05) is 11.3 Å². The Balaban J connectivity index is 1.92. The first-order valence-corrected chi connectivity index (χ1v) is 7.35. The van der Waals surface area contributed by atoms with Crippen molar-refractivity contribution >= 4 is 11.3 Å². The van der Waals surface area contributed by atoms with Crippen molar-refractivity contribution in [3.8, 4) is 0 Å². The van der Waals surface area contributed by atoms with Crippen LogP contribution >= 0.6 is 11.3 Å². The van der Waals surface area contributed by atoms with Gasteiger partial charge < -0.3 is 5.11 Å². The fourth-order valence-electron chi connectivity index (χ4n) is 2.63. The highest BCUT2D eigenvalue weighted by molar-refractivity contribution is 7.11. The Morgan fingerprint density at radius 2 is 2.00 bits per heavy atom. The molecule has 1 fully saturated rings. The molecular weight excluding hydrogens is 216 g/mol. The van der Waals surface area contributed by atoms with Crippen molar-refractivity contribution in [1.82, 2.24) is 0 Å². The highest BCUT2D eigenvalue weighted by atomic mass is 32.1. The van der Waals surface area contributed by atoms with Gasteiger partial charge in [0.25, 0.3) is 0 Å². The van der Waals surface area contributed by atoms with E-state index < -0.39 is 0 Å². The second kappa shape index (κ2) is 5.83. The van der Waals surface area contributed by atoms with Crippen LogP contribution < -0.4 is 0 Å². The summed E-state index contributed by atoms with van der Waals surface area (Å²) in [5.41, 5.74) is 0. The molecule has 0 amide bonds. The van der Waals surface area contributed by atoms with Gasteiger partial charge in [-0.05, 0) is 43.7 Å². The van der Waals surface area contributed by atoms with Crippen LogP contribution in [0.1, 0.15) is 48.8 Å². The number of rotatable bonds is 3. The third kappa shape index (κ3) is 3.33. The first-order chi connectivity index (χ1) is 7.78. The Kier molecular flexibility index (Phi) is 4.42. The molecule has 0 bridgehead atoms. The van der Waals surface area contributed by atoms with Gasteiger partial charge in [-0.2, -0.15) is 0 Å². The highest BCUT2D eigenvalue weighted by Gasteiger charge is 2.19. The summed E-state index contributed by atoms with van der Waals surface area (Å²) in [5.74, 6) is 0.709. The van der Waals surface area contributed by atoms with E-state index in [2.05, 4.69) is 19.1 Å². The number of aliphatic hydroxyl groups is 1. The molecule has 2 atom stereocenters. The Morgan fingerprint density at radius 3 is 2.75 bits per heavy atom. The van der Waals surface area contributed by atoms with Gasteiger partial charge in [0.2, 0.25) is 0 Å². The lowest BCUT2D eigenvalue weighted by molar-refractivity contribution is 0.141. The normalized spacial score (nSPS) is 26.6. The Bertz CT molecular complexity index is 318. The zero-order valence-corrected chi connectivity index (χ0v) is 10.9. The van der Waals surface area contributed by atoms with Gasteiger partial charge in [0, 0.05) is 9.75 Å². The quantitative estimate of drug-likeness (QED) is 0.794. The van der Waals surface area contributed by atoms with Gasteiger partial charge in [-0.3, -0.25) is 0 Å². The summed E-state index contributed by atoms with van der Waals surface area (Å²) < 4.78 is 0. The van der Waals surface area contributed by atoms with Crippen LogP contribution in [0.4, 0.5) is 0 Å². The molecule has 1 aromatic rings. The largest absolute Gasteiger partial charge is 0.393 e. The van der Waals surface area contributed by atoms with Crippen LogP contribution in [0.15, 0.2) is 12.1 Å². The van der Waals surface area contributed by atoms with Crippen LogP contribution in [0.2, 0.25) is 0 Å². The SMILES string of the molecule is CCc1ccc(CC2CCCCC(O)C2)s1. The lowest BCUT2D eigenvalue weighted by Gasteiger charge is -2.15. The molecule has 16 heavy (non-hydrogen) atoms. The number of hydrogen-bond donors (Lipinski definition) is 1. The van der Waals surface area contributed by atoms with Gasteiger partial charge in [-0.1, -0.05) is 26.2 Å². The van der Waals surface area contributed by atoms with Crippen LogP contribution in [0.3, 0.4) is 0 Å². The molecule has 1 heterocycles. The van der Waals surface area contributed by atoms with E-state index in [-0.39, 0.29) is 6.10 Å². The fourth-order valence-corrected chi connectivity index (χ4v) is 3.70. The van der Waals surface area contributed by atoms with Gasteiger partial charge in [0.15, 0.2) is 0 Å². The molecule has 1 aliphatic carbocycles. The molecule has 1 saturated carbocycles. The zero-order chi connectivity index (χ0) is 11.4. The molecular formula is C14H22OS. The maximum absolute atomic E-state index is 9.79. The van der Waals surface area contributed by atoms with Gasteiger partial charge in [0.05, 0.1) is 6.10 Å². The Hall–Kier alpha value is -0.340. The molecule has 1 N–H and O–H groups in total. The molecule has 0 saturated heterocycles. The molecule has 0 spiro atoms. The molecule has 1 aliphatic rings. The molecule has 2 rings (SSSR count). The molecule has 0 aliphatic heterocycles. The summed E-state index contributed by atoms with van der Waals surface area (Å²) >= 11 is 1.95. The fraction of sp³-hybridized carbons (Fsp3) is 0.714. The van der Waals surface area contributed by atoms with Gasteiger partial charge in [-0.25, -0.2) is 0 Å². The Labute approximate surface area is 103 Å². The van der Waals surface area contributed by atoms with Crippen LogP contribution in [0.5, 0.6) is 0 Å². The number of aryl methyl sites for hydroxylation is 1. The summed E-state index contributed by atoms with van der Waals surface area (Å²) in [6.45, 7) is 2.21. The summed E-state index contributed by atoms with van der Waals surface area (Å²) in [5, 5.41) is 9.79. The van der Waals surface area contributed by atoms with Gasteiger partial charge in [-0.15, -0.1) is 11.3 Å². The number of thiophene rings is 1. The second-order valence-corrected chi connectivity index (χ2v) is 6.22. The van der Waals surface area contributed by atoms with Crippen LogP contribution in [-0.2, 0) is 12.8 Å². The standard InChI is InChI=1S/C14H22OS/c1-2-13-7-8-14(16-13)10-11-5-3-4-6-12(15)9-11/h7-8,11-12,15H,2-6,9-10H2,1H3. The lowest BCUT2D eigenvalue weighted by atomic mass is 9.95. The van der Waals surface area contributed by atoms with E-state index in [1.54, 1.807) is 0 Å². The molecule has 90 valence electrons. The summed E-state index contributed by atoms with van der Waals surface area (Å²) in [7, 11) is 0. The van der Waals surface area contributed by atoms with E-state index >= 15 is 0 Å². The average Bonchev–Trinajstić information content (AvgIpc) is 2.62. The predicted molar refractivity (Wildman–Crippen MR) is 70.0 cm³/mol. The van der Waals surface area contributed by atoms with Gasteiger partial charge >= 0.3 is 0 Å². The monoisotopic (exact) mass is 238 g/mol. The molecule has 0 radical (unpaired) electrons. The molecule has 2 unspecified atom stereocenters. The first-order valence-electron chi connectivity index (χ1n) is 6.53. The molecule has 0 aromatic carbocycles. The van der Waals surface area contributed by atoms with Crippen molar-refractivity contribution in [1.29, 1.82) is 0 Å². The van der Waals surface area contributed by atoms with Crippen molar-refractivity contribution in [2.75, 3.05) is 0 Å². The molecule has 2 heteroatoms. The van der Waals surface area contributed by atoms with E-state index in [1.165, 1.54) is 35.4 Å². The first kappa shape index (κ1) is 12.1. The maximum atomic E-state index is 9.79. The van der Waals surface area contributed by atoms with Crippen LogP contribution in [0.25, 0.3) is 0 Å². The topological polar surface area (TPSA) is 20.2 Å². The second-order valence-electron chi connectivity index (χ2n) is 4.97. The van der Waals surface area contributed by atoms with E-state index in [0.29, 0.717) is 5.92 Å². The number of hydrogen-bond acceptors (Lipinski definition) is 2. The van der Waals surface area contributed by atoms with Gasteiger partial charge in [0.1, 0.15) is 0 Å². The summed E-state index contributed by atoms with van der Waals surface area (Å²) in [6, 6.07) is 4.54. The number of aliphatic hydroxyl groups excluding tert-OH is 1. The lowest BCUT2D eigenvalue weighted by Crippen LogP contribution is -2.12. The smallest absolute Gasteiger partial charge is 0.0543 e. The highest BCUT2D eigenvalue weighted by Crippen LogP contribution is 2.29. The minimum absolute atomic E-state index is 0.0434. The molecule has 1 aromatic heterocycles. The predicted octanol–water partition coefficient (Wildman–Crippen LogP) is 3.79. The van der Waals surface area contributed by atoms with E-state index in [0.717, 1.165) is 19.3 Å². The van der Waals surface area contributed by atoms with Crippen LogP contribution in [-0.4, -0.2) is 11.2 Å². The van der Waals surface area contributed by atoms with Crippen molar-refractivity contribution in [3.05, 3.63) is 21.9 Å². The minimum atomic E-state index is -0.0434. The minimum Gasteiger partial charge on any atom is -0.393 e. The maximum Gasteiger partial charge on any atom is 0.0543 e. The summed E-state index contributed by atoms with van der Waals surface area (Å²) in [6.07, 6.45) is 8.13. The average molecular weight is 238 g/mol. The van der Waals surface area contributed by atoms with E-state index in [4.69, 9.17) is 0 Å². The molecule has 1 nitrogen and oxygen atoms in total.